The number of benzene rings is 3. The molecule has 1 saturated heterocycles. The van der Waals surface area contributed by atoms with Crippen LogP contribution >= 0.6 is 0 Å². The van der Waals surface area contributed by atoms with E-state index >= 15 is 0 Å². The highest BCUT2D eigenvalue weighted by Gasteiger charge is 2.67. The number of rotatable bonds is 4. The summed E-state index contributed by atoms with van der Waals surface area (Å²) in [5, 5.41) is 3.70. The summed E-state index contributed by atoms with van der Waals surface area (Å²) in [5.41, 5.74) is 2.16. The van der Waals surface area contributed by atoms with Crippen LogP contribution < -0.4 is 10.2 Å². The number of aromatic nitrogens is 1. The van der Waals surface area contributed by atoms with Crippen molar-refractivity contribution in [2.75, 3.05) is 11.9 Å². The number of hydrogen-bond donors (Lipinski definition) is 2. The van der Waals surface area contributed by atoms with E-state index in [9.17, 15) is 14.4 Å². The molecule has 3 heterocycles. The van der Waals surface area contributed by atoms with Crippen LogP contribution in [0, 0.1) is 0 Å². The quantitative estimate of drug-likeness (QED) is 0.330. The molecule has 2 aliphatic rings. The molecule has 4 aromatic rings. The molecule has 9 nitrogen and oxygen atoms in total. The number of carbonyl (C=O) groups excluding carboxylic acids is 3. The summed E-state index contributed by atoms with van der Waals surface area (Å²) in [6, 6.07) is 26.0. The van der Waals surface area contributed by atoms with E-state index in [2.05, 4.69) is 10.3 Å². The van der Waals surface area contributed by atoms with Crippen molar-refractivity contribution in [1.29, 1.82) is 0 Å². The van der Waals surface area contributed by atoms with Gasteiger partial charge in [0.15, 0.2) is 0 Å². The van der Waals surface area contributed by atoms with Crippen LogP contribution in [0.15, 0.2) is 84.9 Å². The molecule has 1 fully saturated rings. The van der Waals surface area contributed by atoms with Gasteiger partial charge in [-0.1, -0.05) is 66.7 Å². The van der Waals surface area contributed by atoms with Crippen molar-refractivity contribution >= 4 is 34.7 Å². The van der Waals surface area contributed by atoms with Crippen molar-refractivity contribution in [2.24, 2.45) is 0 Å². The number of anilines is 1. The molecule has 0 unspecified atom stereocenters. The average molecular weight is 567 g/mol. The highest BCUT2D eigenvalue weighted by Crippen LogP contribution is 2.58. The number of ether oxygens (including phenoxy) is 2. The van der Waals surface area contributed by atoms with Gasteiger partial charge in [0.25, 0.3) is 0 Å². The minimum Gasteiger partial charge on any atom is -0.444 e. The second kappa shape index (κ2) is 10.2. The van der Waals surface area contributed by atoms with Crippen LogP contribution in [0.1, 0.15) is 44.0 Å². The highest BCUT2D eigenvalue weighted by molar-refractivity contribution is 5.97. The average Bonchev–Trinajstić information content (AvgIpc) is 3.64. The second-order valence-corrected chi connectivity index (χ2v) is 11.8. The van der Waals surface area contributed by atoms with E-state index < -0.39 is 35.4 Å². The summed E-state index contributed by atoms with van der Waals surface area (Å²) in [6.07, 6.45) is -2.03. The summed E-state index contributed by atoms with van der Waals surface area (Å²) < 4.78 is 11.7. The molecule has 6 rings (SSSR count). The summed E-state index contributed by atoms with van der Waals surface area (Å²) in [5.74, 6) is -0.346. The van der Waals surface area contributed by atoms with Gasteiger partial charge in [-0.25, -0.2) is 9.59 Å². The van der Waals surface area contributed by atoms with Crippen molar-refractivity contribution in [1.82, 2.24) is 15.2 Å². The Morgan fingerprint density at radius 2 is 1.64 bits per heavy atom. The number of para-hydroxylation sites is 2. The van der Waals surface area contributed by atoms with Gasteiger partial charge in [-0.05, 0) is 61.9 Å². The third-order valence-corrected chi connectivity index (χ3v) is 8.01. The Morgan fingerprint density at radius 3 is 2.36 bits per heavy atom. The maximum atomic E-state index is 14.1. The molecular formula is C33H34N4O5. The summed E-state index contributed by atoms with van der Waals surface area (Å²) in [4.78, 5) is 48.0. The Balaban J connectivity index is 1.55. The number of carbonyl (C=O) groups is 3. The number of aromatic amines is 1. The molecule has 0 saturated carbocycles. The smallest absolute Gasteiger partial charge is 0.416 e. The molecule has 216 valence electrons. The number of nitrogens with zero attached hydrogens (tertiary/aromatic N) is 2. The van der Waals surface area contributed by atoms with Crippen LogP contribution in [0.25, 0.3) is 10.9 Å². The number of nitrogens with one attached hydrogen (secondary N) is 2. The van der Waals surface area contributed by atoms with E-state index in [1.165, 1.54) is 9.80 Å². The van der Waals surface area contributed by atoms with Crippen LogP contribution in [0.5, 0.6) is 0 Å². The van der Waals surface area contributed by atoms with Crippen molar-refractivity contribution < 1.29 is 23.9 Å². The topological polar surface area (TPSA) is 104 Å². The second-order valence-electron chi connectivity index (χ2n) is 11.8. The van der Waals surface area contributed by atoms with Gasteiger partial charge in [-0.2, -0.15) is 0 Å². The van der Waals surface area contributed by atoms with E-state index in [4.69, 9.17) is 9.47 Å². The number of likely N-dealkylation sites (N-methyl/N-ethyl adjacent to an activating group) is 1. The van der Waals surface area contributed by atoms with E-state index in [0.717, 1.165) is 27.7 Å². The van der Waals surface area contributed by atoms with Crippen LogP contribution in [-0.2, 0) is 26.3 Å². The Labute approximate surface area is 244 Å². The SMILES string of the molecule is CNC(=O)[C@H]1C[C@]2(c3cc4ccccc4[nH]3)c3ccccc3N(C(=O)OCc3ccccc3)[C@@H]2N1C(=O)OC(C)(C)C. The fraction of sp³-hybridized carbons (Fsp3) is 0.303. The van der Waals surface area contributed by atoms with Crippen molar-refractivity contribution in [3.63, 3.8) is 0 Å². The molecule has 0 spiro atoms. The summed E-state index contributed by atoms with van der Waals surface area (Å²) in [6.45, 7) is 5.37. The number of likely N-dealkylation sites (tertiary alicyclic amines) is 1. The third kappa shape index (κ3) is 4.45. The predicted molar refractivity (Wildman–Crippen MR) is 159 cm³/mol. The normalized spacial score (nSPS) is 21.1. The molecule has 42 heavy (non-hydrogen) atoms. The zero-order valence-corrected chi connectivity index (χ0v) is 24.1. The third-order valence-electron chi connectivity index (χ3n) is 8.01. The van der Waals surface area contributed by atoms with Gasteiger partial charge in [-0.3, -0.25) is 14.6 Å². The molecule has 1 aromatic heterocycles. The fourth-order valence-electron chi connectivity index (χ4n) is 6.33. The Morgan fingerprint density at radius 1 is 0.952 bits per heavy atom. The largest absolute Gasteiger partial charge is 0.444 e. The predicted octanol–water partition coefficient (Wildman–Crippen LogP) is 5.69. The Bertz CT molecular complexity index is 1630. The minimum absolute atomic E-state index is 0.0513. The van der Waals surface area contributed by atoms with Gasteiger partial charge in [-0.15, -0.1) is 0 Å². The molecule has 0 aliphatic carbocycles. The van der Waals surface area contributed by atoms with E-state index in [1.54, 1.807) is 27.8 Å². The van der Waals surface area contributed by atoms with Crippen LogP contribution in [0.2, 0.25) is 0 Å². The van der Waals surface area contributed by atoms with Crippen molar-refractivity contribution in [3.05, 3.63) is 102 Å². The number of fused-ring (bicyclic) bond motifs is 4. The van der Waals surface area contributed by atoms with E-state index in [1.807, 2.05) is 84.9 Å². The lowest BCUT2D eigenvalue weighted by Gasteiger charge is -2.37. The van der Waals surface area contributed by atoms with Gasteiger partial charge in [0.05, 0.1) is 11.1 Å². The van der Waals surface area contributed by atoms with Crippen LogP contribution in [0.3, 0.4) is 0 Å². The first-order chi connectivity index (χ1) is 20.1. The molecule has 3 atom stereocenters. The molecule has 2 aliphatic heterocycles. The molecule has 2 N–H and O–H groups in total. The first-order valence-electron chi connectivity index (χ1n) is 14.0. The molecule has 9 heteroatoms. The van der Waals surface area contributed by atoms with Gasteiger partial charge < -0.3 is 19.8 Å². The molecule has 3 aromatic carbocycles. The van der Waals surface area contributed by atoms with E-state index in [-0.39, 0.29) is 18.9 Å². The minimum atomic E-state index is -0.977. The van der Waals surface area contributed by atoms with Crippen LogP contribution in [-0.4, -0.2) is 52.8 Å². The van der Waals surface area contributed by atoms with Crippen molar-refractivity contribution in [3.8, 4) is 0 Å². The summed E-state index contributed by atoms with van der Waals surface area (Å²) in [7, 11) is 1.54. The van der Waals surface area contributed by atoms with Crippen molar-refractivity contribution in [2.45, 2.75) is 57.0 Å². The van der Waals surface area contributed by atoms with Crippen LogP contribution in [0.4, 0.5) is 15.3 Å². The lowest BCUT2D eigenvalue weighted by Crippen LogP contribution is -2.58. The first kappa shape index (κ1) is 27.4. The zero-order chi connectivity index (χ0) is 29.6. The highest BCUT2D eigenvalue weighted by atomic mass is 16.6. The first-order valence-corrected chi connectivity index (χ1v) is 14.0. The standard InChI is InChI=1S/C33H34N4O5/c1-32(2,3)42-31(40)37-26(28(38)34-4)19-33(27-18-22-14-8-10-16-24(22)35-27)23-15-9-11-17-25(23)36(29(33)37)30(39)41-20-21-12-6-5-7-13-21/h5-18,26,29,35H,19-20H2,1-4H3,(H,34,38)/t26-,29-,33-/m1/s1. The molecular weight excluding hydrogens is 532 g/mol. The molecule has 0 radical (unpaired) electrons. The van der Waals surface area contributed by atoms with E-state index in [0.29, 0.717) is 5.69 Å². The monoisotopic (exact) mass is 566 g/mol. The fourth-order valence-corrected chi connectivity index (χ4v) is 6.33. The Kier molecular flexibility index (Phi) is 6.68. The maximum Gasteiger partial charge on any atom is 0.416 e. The lowest BCUT2D eigenvalue weighted by molar-refractivity contribution is -0.125. The number of hydrogen-bond acceptors (Lipinski definition) is 5. The summed E-state index contributed by atoms with van der Waals surface area (Å²) >= 11 is 0. The van der Waals surface area contributed by atoms with Gasteiger partial charge in [0, 0.05) is 18.3 Å². The lowest BCUT2D eigenvalue weighted by atomic mass is 9.75. The maximum absolute atomic E-state index is 14.1. The molecule has 0 bridgehead atoms. The van der Waals surface area contributed by atoms with Gasteiger partial charge in [0.2, 0.25) is 5.91 Å². The Hall–Kier alpha value is -4.79. The van der Waals surface area contributed by atoms with Gasteiger partial charge in [0.1, 0.15) is 24.4 Å². The molecule has 3 amide bonds. The van der Waals surface area contributed by atoms with Gasteiger partial charge >= 0.3 is 12.2 Å². The number of amides is 3. The number of H-pyrrole nitrogens is 1. The zero-order valence-electron chi connectivity index (χ0n) is 24.1.